The maximum absolute atomic E-state index is 6.48. The van der Waals surface area contributed by atoms with Crippen molar-refractivity contribution in [3.8, 4) is 11.1 Å². The van der Waals surface area contributed by atoms with E-state index in [1.807, 2.05) is 23.5 Å². The fourth-order valence-electron chi connectivity index (χ4n) is 8.78. The molecule has 3 heterocycles. The second-order valence-electron chi connectivity index (χ2n) is 14.8. The van der Waals surface area contributed by atoms with Gasteiger partial charge in [0.25, 0.3) is 0 Å². The number of nitrogens with one attached hydrogen (secondary N) is 1. The molecule has 1 aliphatic carbocycles. The van der Waals surface area contributed by atoms with E-state index in [2.05, 4.69) is 176 Å². The van der Waals surface area contributed by atoms with E-state index in [1.54, 1.807) is 0 Å². The number of rotatable bonds is 5. The molecule has 0 saturated heterocycles. The Kier molecular flexibility index (Phi) is 6.80. The number of amidine groups is 1. The summed E-state index contributed by atoms with van der Waals surface area (Å²) >= 11 is 1.84. The third kappa shape index (κ3) is 4.58. The Balaban J connectivity index is 1.13. The van der Waals surface area contributed by atoms with Crippen molar-refractivity contribution >= 4 is 71.1 Å². The average Bonchev–Trinajstić information content (AvgIpc) is 3.86. The zero-order valence-corrected chi connectivity index (χ0v) is 30.7. The van der Waals surface area contributed by atoms with Crippen LogP contribution in [0.1, 0.15) is 47.9 Å². The van der Waals surface area contributed by atoms with Gasteiger partial charge >= 0.3 is 0 Å². The van der Waals surface area contributed by atoms with Crippen LogP contribution < -0.4 is 10.2 Å². The largest absolute Gasteiger partial charge is 0.456 e. The summed E-state index contributed by atoms with van der Waals surface area (Å²) in [6, 6.07) is 58.6. The van der Waals surface area contributed by atoms with E-state index >= 15 is 0 Å². The minimum absolute atomic E-state index is 0.105. The highest BCUT2D eigenvalue weighted by Gasteiger charge is 2.38. The number of hydrogen-bond donors (Lipinski definition) is 1. The second kappa shape index (κ2) is 11.8. The molecule has 2 aliphatic rings. The smallest absolute Gasteiger partial charge is 0.157 e. The van der Waals surface area contributed by atoms with E-state index in [0.717, 1.165) is 50.8 Å². The molecule has 9 aromatic rings. The van der Waals surface area contributed by atoms with Gasteiger partial charge in [-0.05, 0) is 82.9 Å². The molecule has 0 amide bonds. The number of aliphatic imine (C=N–C) groups is 1. The highest BCUT2D eigenvalue weighted by molar-refractivity contribution is 7.26. The van der Waals surface area contributed by atoms with Crippen molar-refractivity contribution in [1.82, 2.24) is 5.32 Å². The lowest BCUT2D eigenvalue weighted by Gasteiger charge is -2.29. The standard InChI is InChI=1S/C49H35N3OS/c1-49(2)36-21-11-9-19-33(36)43-37(49)22-13-23-38(43)52(32-17-7-4-8-18-32)39-24-14-26-42-44(39)35-29-31(27-28-41(35)54-42)48-50-45(30-15-5-3-6-16-30)47-46(51-48)34-20-10-12-25-40(34)53-47/h3-29,45H,1-2H3,(H,50,51). The van der Waals surface area contributed by atoms with Gasteiger partial charge in [-0.15, -0.1) is 11.3 Å². The molecule has 1 aliphatic heterocycles. The van der Waals surface area contributed by atoms with Crippen LogP contribution in [0.4, 0.5) is 22.7 Å². The summed E-state index contributed by atoms with van der Waals surface area (Å²) in [5, 5.41) is 7.26. The minimum Gasteiger partial charge on any atom is -0.456 e. The number of nitrogens with zero attached hydrogens (tertiary/aromatic N) is 2. The summed E-state index contributed by atoms with van der Waals surface area (Å²) in [6.07, 6.45) is 0. The van der Waals surface area contributed by atoms with Crippen molar-refractivity contribution in [2.24, 2.45) is 4.99 Å². The predicted molar refractivity (Wildman–Crippen MR) is 225 cm³/mol. The van der Waals surface area contributed by atoms with Gasteiger partial charge in [0.05, 0.1) is 11.4 Å². The number of hydrogen-bond acceptors (Lipinski definition) is 5. The molecule has 1 unspecified atom stereocenters. The molecule has 7 aromatic carbocycles. The molecule has 11 rings (SSSR count). The van der Waals surface area contributed by atoms with E-state index in [4.69, 9.17) is 9.41 Å². The van der Waals surface area contributed by atoms with Gasteiger partial charge in [-0.2, -0.15) is 0 Å². The normalized spacial score (nSPS) is 15.4. The monoisotopic (exact) mass is 713 g/mol. The maximum atomic E-state index is 6.48. The van der Waals surface area contributed by atoms with Crippen LogP contribution in [0.2, 0.25) is 0 Å². The lowest BCUT2D eigenvalue weighted by atomic mass is 9.82. The fourth-order valence-corrected chi connectivity index (χ4v) is 9.89. The lowest BCUT2D eigenvalue weighted by molar-refractivity contribution is 0.504. The molecular formula is C49H35N3OS. The van der Waals surface area contributed by atoms with Crippen molar-refractivity contribution in [2.75, 3.05) is 4.90 Å². The van der Waals surface area contributed by atoms with Crippen molar-refractivity contribution < 1.29 is 4.42 Å². The molecular weight excluding hydrogens is 679 g/mol. The van der Waals surface area contributed by atoms with E-state index < -0.39 is 0 Å². The van der Waals surface area contributed by atoms with Gasteiger partial charge in [0.1, 0.15) is 23.1 Å². The molecule has 0 radical (unpaired) electrons. The van der Waals surface area contributed by atoms with Gasteiger partial charge in [-0.3, -0.25) is 0 Å². The first-order valence-electron chi connectivity index (χ1n) is 18.5. The van der Waals surface area contributed by atoms with Crippen LogP contribution in [0.3, 0.4) is 0 Å². The van der Waals surface area contributed by atoms with E-state index in [9.17, 15) is 0 Å². The molecule has 1 atom stereocenters. The Morgan fingerprint density at radius 1 is 0.648 bits per heavy atom. The fraction of sp³-hybridized carbons (Fsp3) is 0.0816. The number of para-hydroxylation sites is 2. The van der Waals surface area contributed by atoms with Gasteiger partial charge in [-0.25, -0.2) is 4.99 Å². The third-order valence-electron chi connectivity index (χ3n) is 11.3. The highest BCUT2D eigenvalue weighted by atomic mass is 32.1. The topological polar surface area (TPSA) is 40.8 Å². The summed E-state index contributed by atoms with van der Waals surface area (Å²) in [5.74, 6) is 1.68. The summed E-state index contributed by atoms with van der Waals surface area (Å²) in [4.78, 5) is 7.76. The van der Waals surface area contributed by atoms with Crippen LogP contribution in [-0.4, -0.2) is 5.84 Å². The van der Waals surface area contributed by atoms with E-state index in [1.165, 1.54) is 48.1 Å². The van der Waals surface area contributed by atoms with Gasteiger partial charge in [-0.1, -0.05) is 117 Å². The first-order valence-corrected chi connectivity index (χ1v) is 19.3. The first kappa shape index (κ1) is 31.1. The van der Waals surface area contributed by atoms with Crippen LogP contribution in [0.15, 0.2) is 173 Å². The third-order valence-corrected chi connectivity index (χ3v) is 12.5. The molecule has 0 spiro atoms. The number of anilines is 3. The molecule has 0 fully saturated rings. The van der Waals surface area contributed by atoms with Gasteiger partial charge in [0, 0.05) is 47.8 Å². The van der Waals surface area contributed by atoms with Crippen LogP contribution in [0, 0.1) is 0 Å². The summed E-state index contributed by atoms with van der Waals surface area (Å²) < 4.78 is 8.96. The second-order valence-corrected chi connectivity index (χ2v) is 15.8. The Hall–Kier alpha value is -6.43. The van der Waals surface area contributed by atoms with Crippen molar-refractivity contribution in [3.63, 3.8) is 0 Å². The van der Waals surface area contributed by atoms with Crippen LogP contribution >= 0.6 is 11.3 Å². The van der Waals surface area contributed by atoms with Crippen molar-refractivity contribution in [2.45, 2.75) is 25.3 Å². The van der Waals surface area contributed by atoms with Crippen LogP contribution in [-0.2, 0) is 5.41 Å². The number of fused-ring (bicyclic) bond motifs is 9. The first-order chi connectivity index (χ1) is 26.5. The summed E-state index contributed by atoms with van der Waals surface area (Å²) in [7, 11) is 0. The Labute approximate surface area is 317 Å². The Morgan fingerprint density at radius 3 is 2.24 bits per heavy atom. The quantitative estimate of drug-likeness (QED) is 0.193. The summed E-state index contributed by atoms with van der Waals surface area (Å²) in [5.41, 5.74) is 12.6. The molecule has 0 bridgehead atoms. The van der Waals surface area contributed by atoms with Gasteiger partial charge < -0.3 is 14.6 Å². The molecule has 5 heteroatoms. The minimum atomic E-state index is -0.174. The van der Waals surface area contributed by atoms with E-state index in [0.29, 0.717) is 0 Å². The summed E-state index contributed by atoms with van der Waals surface area (Å²) in [6.45, 7) is 4.70. The zero-order valence-electron chi connectivity index (χ0n) is 29.9. The van der Waals surface area contributed by atoms with Crippen LogP contribution in [0.25, 0.3) is 42.3 Å². The molecule has 258 valence electrons. The van der Waals surface area contributed by atoms with Crippen LogP contribution in [0.5, 0.6) is 0 Å². The van der Waals surface area contributed by atoms with E-state index in [-0.39, 0.29) is 11.5 Å². The molecule has 4 nitrogen and oxygen atoms in total. The average molecular weight is 714 g/mol. The predicted octanol–water partition coefficient (Wildman–Crippen LogP) is 13.3. The maximum Gasteiger partial charge on any atom is 0.157 e. The zero-order chi connectivity index (χ0) is 36.0. The highest BCUT2D eigenvalue weighted by Crippen LogP contribution is 2.55. The SMILES string of the molecule is CC1(C)c2ccccc2-c2c(N(c3ccccc3)c3cccc4sc5ccc(C6=Nc7c(oc8ccccc78)C(c7ccccc7)N6)cc5c34)cccc21. The molecule has 54 heavy (non-hydrogen) atoms. The number of furan rings is 1. The molecule has 0 saturated carbocycles. The molecule has 1 N–H and O–H groups in total. The van der Waals surface area contributed by atoms with Crippen molar-refractivity contribution in [3.05, 3.63) is 192 Å². The lowest BCUT2D eigenvalue weighted by Crippen LogP contribution is -2.32. The number of thiophene rings is 1. The number of benzene rings is 7. The van der Waals surface area contributed by atoms with Gasteiger partial charge in [0.15, 0.2) is 5.76 Å². The Bertz CT molecular complexity index is 2960. The molecule has 2 aromatic heterocycles. The Morgan fingerprint density at radius 2 is 1.37 bits per heavy atom. The van der Waals surface area contributed by atoms with Crippen molar-refractivity contribution in [1.29, 1.82) is 0 Å². The van der Waals surface area contributed by atoms with Gasteiger partial charge in [0.2, 0.25) is 0 Å².